The molecule has 0 fully saturated rings. The van der Waals surface area contributed by atoms with Crippen LogP contribution in [0.3, 0.4) is 0 Å². The van der Waals surface area contributed by atoms with Crippen molar-refractivity contribution in [1.82, 2.24) is 0 Å². The summed E-state index contributed by atoms with van der Waals surface area (Å²) in [4.78, 5) is 10.3. The molecule has 0 amide bonds. The van der Waals surface area contributed by atoms with Crippen molar-refractivity contribution in [3.05, 3.63) is 51.2 Å². The summed E-state index contributed by atoms with van der Waals surface area (Å²) in [6, 6.07) is 9.36. The molecule has 69 valence electrons. The highest BCUT2D eigenvalue weighted by atomic mass is 32.1. The second-order valence-corrected chi connectivity index (χ2v) is 3.49. The third kappa shape index (κ3) is 1.52. The fourth-order valence-electron chi connectivity index (χ4n) is 1.23. The molecule has 0 unspecified atom stereocenters. The number of thiophene rings is 1. The van der Waals surface area contributed by atoms with E-state index in [1.54, 1.807) is 12.1 Å². The topological polar surface area (TPSA) is 43.1 Å². The van der Waals surface area contributed by atoms with Crippen LogP contribution in [-0.4, -0.2) is 4.92 Å². The fraction of sp³-hybridized carbons (Fsp3) is 0. The first kappa shape index (κ1) is 8.90. The zero-order valence-corrected chi connectivity index (χ0v) is 7.95. The van der Waals surface area contributed by atoms with Crippen LogP contribution >= 0.6 is 11.3 Å². The Kier molecular flexibility index (Phi) is 2.28. The SMILES string of the molecule is O=[N+]([O-])c1c[c]ccc1-c1ccsc1. The highest BCUT2D eigenvalue weighted by molar-refractivity contribution is 7.08. The van der Waals surface area contributed by atoms with Crippen molar-refractivity contribution in [3.8, 4) is 11.1 Å². The summed E-state index contributed by atoms with van der Waals surface area (Å²) in [5, 5.41) is 14.5. The van der Waals surface area contributed by atoms with E-state index in [-0.39, 0.29) is 10.6 Å². The number of benzene rings is 1. The van der Waals surface area contributed by atoms with Gasteiger partial charge in [0.2, 0.25) is 0 Å². The maximum Gasteiger partial charge on any atom is 0.277 e. The lowest BCUT2D eigenvalue weighted by molar-refractivity contribution is -0.384. The number of nitro groups is 1. The van der Waals surface area contributed by atoms with Crippen LogP contribution in [-0.2, 0) is 0 Å². The number of hydrogen-bond donors (Lipinski definition) is 0. The lowest BCUT2D eigenvalue weighted by Crippen LogP contribution is -1.90. The van der Waals surface area contributed by atoms with Gasteiger partial charge in [-0.15, -0.1) is 0 Å². The summed E-state index contributed by atoms with van der Waals surface area (Å²) in [6.07, 6.45) is 0. The maximum absolute atomic E-state index is 10.7. The largest absolute Gasteiger partial charge is 0.277 e. The Balaban J connectivity index is 2.58. The highest BCUT2D eigenvalue weighted by Gasteiger charge is 2.13. The summed E-state index contributed by atoms with van der Waals surface area (Å²) >= 11 is 1.52. The molecule has 1 aromatic heterocycles. The van der Waals surface area contributed by atoms with E-state index in [0.717, 1.165) is 5.56 Å². The zero-order chi connectivity index (χ0) is 9.97. The van der Waals surface area contributed by atoms with Crippen LogP contribution in [0, 0.1) is 16.2 Å². The van der Waals surface area contributed by atoms with Gasteiger partial charge >= 0.3 is 0 Å². The van der Waals surface area contributed by atoms with Crippen molar-refractivity contribution in [2.75, 3.05) is 0 Å². The van der Waals surface area contributed by atoms with Gasteiger partial charge in [-0.1, -0.05) is 6.07 Å². The number of nitrogens with zero attached hydrogens (tertiary/aromatic N) is 1. The van der Waals surface area contributed by atoms with E-state index in [1.807, 2.05) is 16.8 Å². The molecule has 14 heavy (non-hydrogen) atoms. The molecule has 0 saturated heterocycles. The molecule has 0 atom stereocenters. The van der Waals surface area contributed by atoms with Crippen LogP contribution < -0.4 is 0 Å². The van der Waals surface area contributed by atoms with Gasteiger partial charge in [-0.2, -0.15) is 11.3 Å². The molecule has 1 heterocycles. The van der Waals surface area contributed by atoms with E-state index in [2.05, 4.69) is 6.07 Å². The number of rotatable bonds is 2. The first-order valence-corrected chi connectivity index (χ1v) is 4.90. The molecule has 3 nitrogen and oxygen atoms in total. The van der Waals surface area contributed by atoms with Gasteiger partial charge in [0.05, 0.1) is 10.5 Å². The van der Waals surface area contributed by atoms with Gasteiger partial charge in [-0.25, -0.2) is 0 Å². The summed E-state index contributed by atoms with van der Waals surface area (Å²) in [5.74, 6) is 0. The molecule has 1 aromatic carbocycles. The van der Waals surface area contributed by atoms with Crippen LogP contribution in [0.4, 0.5) is 5.69 Å². The first-order valence-electron chi connectivity index (χ1n) is 3.96. The van der Waals surface area contributed by atoms with Crippen LogP contribution in [0.2, 0.25) is 0 Å². The molecular weight excluding hydrogens is 198 g/mol. The normalized spacial score (nSPS) is 10.0. The highest BCUT2D eigenvalue weighted by Crippen LogP contribution is 2.30. The van der Waals surface area contributed by atoms with Crippen LogP contribution in [0.25, 0.3) is 11.1 Å². The third-order valence-electron chi connectivity index (χ3n) is 1.87. The predicted octanol–water partition coefficient (Wildman–Crippen LogP) is 3.12. The van der Waals surface area contributed by atoms with Crippen molar-refractivity contribution in [2.24, 2.45) is 0 Å². The number of nitro benzene ring substituents is 1. The molecule has 0 bridgehead atoms. The summed E-state index contributed by atoms with van der Waals surface area (Å²) in [5.41, 5.74) is 1.64. The second-order valence-electron chi connectivity index (χ2n) is 2.71. The van der Waals surface area contributed by atoms with Crippen molar-refractivity contribution in [3.63, 3.8) is 0 Å². The molecule has 0 aliphatic carbocycles. The lowest BCUT2D eigenvalue weighted by Gasteiger charge is -1.98. The van der Waals surface area contributed by atoms with Crippen molar-refractivity contribution in [1.29, 1.82) is 0 Å². The molecule has 0 spiro atoms. The minimum atomic E-state index is -0.385. The molecule has 0 N–H and O–H groups in total. The third-order valence-corrected chi connectivity index (χ3v) is 2.55. The Morgan fingerprint density at radius 2 is 2.29 bits per heavy atom. The zero-order valence-electron chi connectivity index (χ0n) is 7.14. The van der Waals surface area contributed by atoms with Crippen LogP contribution in [0.15, 0.2) is 35.0 Å². The van der Waals surface area contributed by atoms with E-state index in [1.165, 1.54) is 17.4 Å². The first-order chi connectivity index (χ1) is 6.79. The number of hydrogen-bond acceptors (Lipinski definition) is 3. The van der Waals surface area contributed by atoms with Crippen LogP contribution in [0.5, 0.6) is 0 Å². The van der Waals surface area contributed by atoms with Crippen molar-refractivity contribution in [2.45, 2.75) is 0 Å². The summed E-state index contributed by atoms with van der Waals surface area (Å²) < 4.78 is 0. The Labute approximate surface area is 84.8 Å². The molecule has 1 radical (unpaired) electrons. The van der Waals surface area contributed by atoms with Gasteiger partial charge in [0.25, 0.3) is 5.69 Å². The molecule has 0 aliphatic rings. The van der Waals surface area contributed by atoms with E-state index in [9.17, 15) is 10.1 Å². The smallest absolute Gasteiger partial charge is 0.258 e. The van der Waals surface area contributed by atoms with Gasteiger partial charge in [0.15, 0.2) is 0 Å². The van der Waals surface area contributed by atoms with Gasteiger partial charge in [0, 0.05) is 6.07 Å². The Morgan fingerprint density at radius 3 is 2.93 bits per heavy atom. The van der Waals surface area contributed by atoms with Gasteiger partial charge in [-0.05, 0) is 34.5 Å². The Hall–Kier alpha value is -1.68. The van der Waals surface area contributed by atoms with Gasteiger partial charge in [0.1, 0.15) is 0 Å². The van der Waals surface area contributed by atoms with E-state index >= 15 is 0 Å². The second kappa shape index (κ2) is 3.59. The maximum atomic E-state index is 10.7. The van der Waals surface area contributed by atoms with E-state index < -0.39 is 0 Å². The average molecular weight is 204 g/mol. The molecule has 4 heteroatoms. The minimum Gasteiger partial charge on any atom is -0.258 e. The quantitative estimate of drug-likeness (QED) is 0.557. The molecule has 2 rings (SSSR count). The van der Waals surface area contributed by atoms with E-state index in [4.69, 9.17) is 0 Å². The van der Waals surface area contributed by atoms with E-state index in [0.29, 0.717) is 5.56 Å². The fourth-order valence-corrected chi connectivity index (χ4v) is 1.89. The minimum absolute atomic E-state index is 0.103. The predicted molar refractivity (Wildman–Crippen MR) is 55.2 cm³/mol. The van der Waals surface area contributed by atoms with Crippen molar-refractivity contribution < 1.29 is 4.92 Å². The molecule has 0 saturated carbocycles. The Bertz CT molecular complexity index is 451. The van der Waals surface area contributed by atoms with Gasteiger partial charge < -0.3 is 0 Å². The van der Waals surface area contributed by atoms with Gasteiger partial charge in [-0.3, -0.25) is 10.1 Å². The molecule has 2 aromatic rings. The average Bonchev–Trinajstić information content (AvgIpc) is 2.70. The lowest BCUT2D eigenvalue weighted by atomic mass is 10.1. The van der Waals surface area contributed by atoms with Crippen LogP contribution in [0.1, 0.15) is 0 Å². The summed E-state index contributed by atoms with van der Waals surface area (Å²) in [6.45, 7) is 0. The monoisotopic (exact) mass is 204 g/mol. The van der Waals surface area contributed by atoms with Crippen molar-refractivity contribution >= 4 is 17.0 Å². The standard InChI is InChI=1S/C10H6NO2S/c12-11(13)10-4-2-1-3-9(10)8-5-6-14-7-8/h1,3-7H. The Morgan fingerprint density at radius 1 is 1.43 bits per heavy atom. The molecular formula is C10H6NO2S. The molecule has 0 aliphatic heterocycles. The summed E-state index contributed by atoms with van der Waals surface area (Å²) in [7, 11) is 0.